The number of fused-ring (bicyclic) bond motifs is 1. The second-order valence-electron chi connectivity index (χ2n) is 7.63. The molecule has 0 unspecified atom stereocenters. The highest BCUT2D eigenvalue weighted by atomic mass is 16.4. The van der Waals surface area contributed by atoms with Gasteiger partial charge >= 0.3 is 5.97 Å². The topological polar surface area (TPSA) is 140 Å². The largest absolute Gasteiger partial charge is 0.480 e. The van der Waals surface area contributed by atoms with Gasteiger partial charge in [-0.2, -0.15) is 0 Å². The van der Waals surface area contributed by atoms with Gasteiger partial charge in [-0.3, -0.25) is 14.4 Å². The molecule has 0 aliphatic rings. The number of para-hydroxylation sites is 2. The Morgan fingerprint density at radius 3 is 2.48 bits per heavy atom. The maximum Gasteiger partial charge on any atom is 0.322 e. The molecule has 5 N–H and O–H groups in total. The molecule has 4 aromatic rings. The fourth-order valence-electron chi connectivity index (χ4n) is 3.63. The third kappa shape index (κ3) is 5.09. The van der Waals surface area contributed by atoms with Crippen LogP contribution < -0.4 is 16.2 Å². The van der Waals surface area contributed by atoms with Crippen molar-refractivity contribution in [2.45, 2.75) is 19.8 Å². The molecule has 168 valence electrons. The van der Waals surface area contributed by atoms with Crippen LogP contribution in [-0.4, -0.2) is 38.5 Å². The Balaban J connectivity index is 1.41. The minimum atomic E-state index is -0.990. The molecule has 0 aliphatic heterocycles. The van der Waals surface area contributed by atoms with Crippen LogP contribution in [0.3, 0.4) is 0 Å². The molecular formula is C24H23N5O4. The van der Waals surface area contributed by atoms with Crippen LogP contribution in [0.4, 0.5) is 11.4 Å². The van der Waals surface area contributed by atoms with Gasteiger partial charge in [-0.15, -0.1) is 0 Å². The molecule has 0 spiro atoms. The molecule has 9 nitrogen and oxygen atoms in total. The van der Waals surface area contributed by atoms with E-state index in [-0.39, 0.29) is 18.0 Å². The summed E-state index contributed by atoms with van der Waals surface area (Å²) in [6, 6.07) is 14.2. The average molecular weight is 445 g/mol. The molecular weight excluding hydrogens is 422 g/mol. The lowest BCUT2D eigenvalue weighted by atomic mass is 10.0. The van der Waals surface area contributed by atoms with E-state index in [1.54, 1.807) is 43.3 Å². The van der Waals surface area contributed by atoms with Crippen molar-refractivity contribution in [1.29, 1.82) is 0 Å². The number of benzene rings is 2. The van der Waals surface area contributed by atoms with Gasteiger partial charge in [-0.05, 0) is 55.2 Å². The van der Waals surface area contributed by atoms with E-state index in [0.29, 0.717) is 46.6 Å². The number of carbonyl (C=O) groups excluding carboxylic acids is 1. The first-order chi connectivity index (χ1) is 15.9. The van der Waals surface area contributed by atoms with Crippen LogP contribution in [0.25, 0.3) is 11.0 Å². The Kier molecular flexibility index (Phi) is 6.21. The highest BCUT2D eigenvalue weighted by molar-refractivity contribution is 6.06. The average Bonchev–Trinajstić information content (AvgIpc) is 3.20. The van der Waals surface area contributed by atoms with Crippen molar-refractivity contribution in [1.82, 2.24) is 15.0 Å². The number of aromatic nitrogens is 3. The molecule has 4 rings (SSSR count). The number of aliphatic carboxylic acids is 1. The summed E-state index contributed by atoms with van der Waals surface area (Å²) >= 11 is 0. The van der Waals surface area contributed by atoms with Crippen LogP contribution in [0.2, 0.25) is 0 Å². The summed E-state index contributed by atoms with van der Waals surface area (Å²) in [6.45, 7) is 1.49. The van der Waals surface area contributed by atoms with E-state index in [9.17, 15) is 14.4 Å². The minimum absolute atomic E-state index is 0.154. The summed E-state index contributed by atoms with van der Waals surface area (Å²) in [5.74, 6) is -0.721. The first-order valence-corrected chi connectivity index (χ1v) is 10.4. The number of amides is 1. The Labute approximate surface area is 188 Å². The summed E-state index contributed by atoms with van der Waals surface area (Å²) in [6.07, 6.45) is 3.16. The van der Waals surface area contributed by atoms with Crippen molar-refractivity contribution >= 4 is 34.3 Å². The quantitative estimate of drug-likeness (QED) is 0.282. The summed E-state index contributed by atoms with van der Waals surface area (Å²) in [7, 11) is 0. The molecule has 0 saturated carbocycles. The van der Waals surface area contributed by atoms with Crippen LogP contribution in [0, 0.1) is 6.92 Å². The smallest absolute Gasteiger partial charge is 0.322 e. The van der Waals surface area contributed by atoms with Crippen LogP contribution in [0.1, 0.15) is 27.3 Å². The number of nitrogens with zero attached hydrogens (tertiary/aromatic N) is 1. The lowest BCUT2D eigenvalue weighted by Crippen LogP contribution is -2.16. The fourth-order valence-corrected chi connectivity index (χ4v) is 3.63. The van der Waals surface area contributed by atoms with Crippen molar-refractivity contribution < 1.29 is 14.7 Å². The van der Waals surface area contributed by atoms with Gasteiger partial charge in [-0.25, -0.2) is 4.98 Å². The first kappa shape index (κ1) is 21.8. The number of aryl methyl sites for hydroxylation is 3. The second-order valence-corrected chi connectivity index (χ2v) is 7.63. The van der Waals surface area contributed by atoms with Crippen molar-refractivity contribution in [2.75, 3.05) is 17.2 Å². The highest BCUT2D eigenvalue weighted by Gasteiger charge is 2.12. The van der Waals surface area contributed by atoms with Gasteiger partial charge in [-0.1, -0.05) is 24.3 Å². The molecule has 2 heterocycles. The van der Waals surface area contributed by atoms with E-state index in [0.717, 1.165) is 11.1 Å². The molecule has 0 atom stereocenters. The lowest BCUT2D eigenvalue weighted by Gasteiger charge is -2.12. The fraction of sp³-hybridized carbons (Fsp3) is 0.167. The molecule has 0 aliphatic carbocycles. The van der Waals surface area contributed by atoms with Gasteiger partial charge in [0.2, 0.25) is 0 Å². The summed E-state index contributed by atoms with van der Waals surface area (Å²) in [5, 5.41) is 15.0. The predicted octanol–water partition coefficient (Wildman–Crippen LogP) is 3.09. The molecule has 33 heavy (non-hydrogen) atoms. The summed E-state index contributed by atoms with van der Waals surface area (Å²) in [4.78, 5) is 45.8. The molecule has 2 aromatic carbocycles. The Morgan fingerprint density at radius 2 is 1.76 bits per heavy atom. The lowest BCUT2D eigenvalue weighted by molar-refractivity contribution is -0.134. The monoisotopic (exact) mass is 445 g/mol. The standard InChI is InChI=1S/C24H23N5O4/c1-14-27-22-21(24(33)28-14)17(12-26-22)11-8-15-6-9-16(10-7-15)23(32)29-19-5-3-2-4-18(19)25-13-20(30)31/h2-7,9-10,12,25H,8,11,13H2,1H3,(H,29,32)(H,30,31)(H2,26,27,28,33). The van der Waals surface area contributed by atoms with Crippen molar-refractivity contribution in [3.8, 4) is 0 Å². The van der Waals surface area contributed by atoms with E-state index in [2.05, 4.69) is 25.6 Å². The van der Waals surface area contributed by atoms with Crippen LogP contribution in [0.15, 0.2) is 59.5 Å². The number of carbonyl (C=O) groups is 2. The molecule has 0 fully saturated rings. The van der Waals surface area contributed by atoms with Crippen molar-refractivity contribution in [3.63, 3.8) is 0 Å². The van der Waals surface area contributed by atoms with E-state index in [1.807, 2.05) is 18.3 Å². The van der Waals surface area contributed by atoms with E-state index >= 15 is 0 Å². The van der Waals surface area contributed by atoms with Crippen LogP contribution in [-0.2, 0) is 17.6 Å². The third-order valence-corrected chi connectivity index (χ3v) is 5.25. The van der Waals surface area contributed by atoms with Gasteiger partial charge in [0.25, 0.3) is 11.5 Å². The van der Waals surface area contributed by atoms with E-state index in [4.69, 9.17) is 5.11 Å². The SMILES string of the molecule is Cc1nc2[nH]cc(CCc3ccc(C(=O)Nc4ccccc4NCC(=O)O)cc3)c2c(=O)[nH]1. The Morgan fingerprint density at radius 1 is 1.03 bits per heavy atom. The number of H-pyrrole nitrogens is 2. The summed E-state index contributed by atoms with van der Waals surface area (Å²) in [5.41, 5.74) is 3.86. The van der Waals surface area contributed by atoms with Crippen molar-refractivity contribution in [2.24, 2.45) is 0 Å². The second kappa shape index (κ2) is 9.39. The number of carboxylic acid groups (broad SMARTS) is 1. The minimum Gasteiger partial charge on any atom is -0.480 e. The first-order valence-electron chi connectivity index (χ1n) is 10.4. The number of hydrogen-bond donors (Lipinski definition) is 5. The van der Waals surface area contributed by atoms with Gasteiger partial charge in [0.1, 0.15) is 18.0 Å². The van der Waals surface area contributed by atoms with E-state index < -0.39 is 5.97 Å². The Bertz CT molecular complexity index is 1370. The predicted molar refractivity (Wildman–Crippen MR) is 126 cm³/mol. The molecule has 0 saturated heterocycles. The molecule has 1 amide bonds. The highest BCUT2D eigenvalue weighted by Crippen LogP contribution is 2.22. The maximum absolute atomic E-state index is 12.7. The molecule has 2 aromatic heterocycles. The number of anilines is 2. The zero-order chi connectivity index (χ0) is 23.4. The molecule has 9 heteroatoms. The van der Waals surface area contributed by atoms with Crippen LogP contribution in [0.5, 0.6) is 0 Å². The molecule has 0 radical (unpaired) electrons. The number of nitrogens with one attached hydrogen (secondary N) is 4. The number of rotatable bonds is 8. The van der Waals surface area contributed by atoms with E-state index in [1.165, 1.54) is 0 Å². The van der Waals surface area contributed by atoms with Gasteiger partial charge in [0.05, 0.1) is 16.8 Å². The number of carboxylic acids is 1. The molecule has 0 bridgehead atoms. The van der Waals surface area contributed by atoms with Gasteiger partial charge in [0, 0.05) is 11.8 Å². The Hall–Kier alpha value is -4.40. The number of hydrogen-bond acceptors (Lipinski definition) is 5. The third-order valence-electron chi connectivity index (χ3n) is 5.25. The number of aromatic amines is 2. The summed E-state index contributed by atoms with van der Waals surface area (Å²) < 4.78 is 0. The van der Waals surface area contributed by atoms with Gasteiger partial charge < -0.3 is 25.7 Å². The van der Waals surface area contributed by atoms with Crippen LogP contribution >= 0.6 is 0 Å². The zero-order valence-electron chi connectivity index (χ0n) is 17.9. The van der Waals surface area contributed by atoms with Crippen molar-refractivity contribution in [3.05, 3.63) is 87.6 Å². The zero-order valence-corrected chi connectivity index (χ0v) is 17.9. The van der Waals surface area contributed by atoms with Gasteiger partial charge in [0.15, 0.2) is 0 Å². The normalized spacial score (nSPS) is 10.8. The maximum atomic E-state index is 12.7.